The lowest BCUT2D eigenvalue weighted by atomic mass is 9.81. The van der Waals surface area contributed by atoms with E-state index in [4.69, 9.17) is 9.92 Å². The van der Waals surface area contributed by atoms with Crippen molar-refractivity contribution in [1.29, 1.82) is 0 Å². The van der Waals surface area contributed by atoms with Gasteiger partial charge >= 0.3 is 10.1 Å². The number of nitrogens with two attached hydrogens (primary N) is 1. The van der Waals surface area contributed by atoms with Crippen molar-refractivity contribution in [2.45, 2.75) is 10.4 Å². The van der Waals surface area contributed by atoms with Gasteiger partial charge < -0.3 is 9.92 Å². The number of guanidine groups is 1. The predicted octanol–water partition coefficient (Wildman–Crippen LogP) is 3.08. The van der Waals surface area contributed by atoms with Gasteiger partial charge in [-0.15, -0.1) is 0 Å². The van der Waals surface area contributed by atoms with E-state index in [1.54, 1.807) is 30.3 Å². The second kappa shape index (κ2) is 9.10. The normalized spacial score (nSPS) is 17.5. The third-order valence-electron chi connectivity index (χ3n) is 5.99. The molecule has 0 spiro atoms. The molecule has 0 aliphatic carbocycles. The number of nitrogens with zero attached hydrogens (tertiary/aromatic N) is 4. The molecule has 4 aromatic rings. The van der Waals surface area contributed by atoms with Crippen LogP contribution in [0.1, 0.15) is 11.1 Å². The lowest BCUT2D eigenvalue weighted by Gasteiger charge is -2.27. The van der Waals surface area contributed by atoms with E-state index in [9.17, 15) is 17.6 Å². The van der Waals surface area contributed by atoms with Crippen LogP contribution in [0.4, 0.5) is 4.39 Å². The average molecular weight is 518 g/mol. The van der Waals surface area contributed by atoms with Crippen LogP contribution in [-0.4, -0.2) is 42.2 Å². The smallest absolute Gasteiger partial charge is 0.339 e. The summed E-state index contributed by atoms with van der Waals surface area (Å²) in [7, 11) is -2.67. The molecule has 1 aromatic heterocycles. The molecule has 1 aliphatic heterocycles. The van der Waals surface area contributed by atoms with Crippen molar-refractivity contribution < 1.29 is 21.8 Å². The van der Waals surface area contributed by atoms with Crippen molar-refractivity contribution in [3.05, 3.63) is 108 Å². The maximum atomic E-state index is 14.8. The topological polar surface area (TPSA) is 128 Å². The molecule has 1 atom stereocenters. The van der Waals surface area contributed by atoms with Crippen LogP contribution in [0.5, 0.6) is 5.75 Å². The number of aromatic nitrogens is 2. The van der Waals surface area contributed by atoms with Gasteiger partial charge in [-0.25, -0.2) is 19.4 Å². The molecule has 1 unspecified atom stereocenters. The molecule has 11 heteroatoms. The Balaban J connectivity index is 1.65. The predicted molar refractivity (Wildman–Crippen MR) is 133 cm³/mol. The molecule has 2 heterocycles. The van der Waals surface area contributed by atoms with E-state index < -0.39 is 27.4 Å². The van der Waals surface area contributed by atoms with Crippen molar-refractivity contribution >= 4 is 22.0 Å². The van der Waals surface area contributed by atoms with Crippen LogP contribution in [-0.2, 0) is 20.5 Å². The Morgan fingerprint density at radius 2 is 1.65 bits per heavy atom. The zero-order chi connectivity index (χ0) is 26.2. The number of aliphatic imine (C=N–C) groups is 1. The Hall–Kier alpha value is -4.64. The van der Waals surface area contributed by atoms with Gasteiger partial charge in [-0.3, -0.25) is 9.69 Å². The molecule has 2 N–H and O–H groups in total. The number of rotatable bonds is 6. The van der Waals surface area contributed by atoms with Crippen LogP contribution in [0.3, 0.4) is 0 Å². The zero-order valence-corrected chi connectivity index (χ0v) is 20.3. The highest BCUT2D eigenvalue weighted by molar-refractivity contribution is 7.87. The van der Waals surface area contributed by atoms with Crippen molar-refractivity contribution in [3.8, 4) is 16.9 Å². The van der Waals surface area contributed by atoms with Crippen LogP contribution in [0.15, 0.2) is 101 Å². The summed E-state index contributed by atoms with van der Waals surface area (Å²) in [5.74, 6) is -1.14. The standard InChI is InChI=1S/C26H20FN5O4S/c1-32-24(33)26(31-25(32)28,19-10-11-23(27)22(13-19)17-14-29-16-30-15-17)18-6-5-7-20(12-18)36-37(34,35)21-8-3-2-4-9-21/h2-16H,1H3,(H2,28,31). The fourth-order valence-corrected chi connectivity index (χ4v) is 5.07. The van der Waals surface area contributed by atoms with Crippen molar-refractivity contribution in [3.63, 3.8) is 0 Å². The number of amides is 1. The molecular formula is C26H20FN5O4S. The Morgan fingerprint density at radius 1 is 0.946 bits per heavy atom. The Morgan fingerprint density at radius 3 is 2.32 bits per heavy atom. The molecule has 1 aliphatic rings. The van der Waals surface area contributed by atoms with Crippen LogP contribution < -0.4 is 9.92 Å². The molecule has 0 radical (unpaired) electrons. The summed E-state index contributed by atoms with van der Waals surface area (Å²) in [5, 5.41) is 0. The third-order valence-corrected chi connectivity index (χ3v) is 7.25. The van der Waals surface area contributed by atoms with Gasteiger partial charge in [-0.2, -0.15) is 8.42 Å². The maximum absolute atomic E-state index is 14.8. The number of hydrogen-bond donors (Lipinski definition) is 1. The molecular weight excluding hydrogens is 497 g/mol. The lowest BCUT2D eigenvalue weighted by molar-refractivity contribution is -0.129. The Kier molecular flexibility index (Phi) is 5.92. The fraction of sp³-hybridized carbons (Fsp3) is 0.0769. The van der Waals surface area contributed by atoms with Gasteiger partial charge in [0.25, 0.3) is 5.91 Å². The molecule has 3 aromatic carbocycles. The van der Waals surface area contributed by atoms with Crippen LogP contribution in [0.2, 0.25) is 0 Å². The van der Waals surface area contributed by atoms with E-state index in [2.05, 4.69) is 15.0 Å². The van der Waals surface area contributed by atoms with Crippen molar-refractivity contribution in [2.24, 2.45) is 10.7 Å². The van der Waals surface area contributed by atoms with Gasteiger partial charge in [0.1, 0.15) is 22.8 Å². The van der Waals surface area contributed by atoms with Crippen molar-refractivity contribution in [1.82, 2.24) is 14.9 Å². The first-order valence-electron chi connectivity index (χ1n) is 11.0. The van der Waals surface area contributed by atoms with E-state index in [0.29, 0.717) is 11.1 Å². The molecule has 37 heavy (non-hydrogen) atoms. The SMILES string of the molecule is CN1C(=O)C(c2cccc(OS(=O)(=O)c3ccccc3)c2)(c2ccc(F)c(-c3cncnc3)c2)N=C1N. The summed E-state index contributed by atoms with van der Waals surface area (Å²) >= 11 is 0. The van der Waals surface area contributed by atoms with E-state index in [-0.39, 0.29) is 27.7 Å². The number of benzene rings is 3. The summed E-state index contributed by atoms with van der Waals surface area (Å²) in [6.45, 7) is 0. The van der Waals surface area contributed by atoms with Gasteiger partial charge in [-0.1, -0.05) is 36.4 Å². The van der Waals surface area contributed by atoms with E-state index >= 15 is 0 Å². The fourth-order valence-electron chi connectivity index (χ4n) is 4.13. The minimum absolute atomic E-state index is 0.0256. The largest absolute Gasteiger partial charge is 0.379 e. The quantitative estimate of drug-likeness (QED) is 0.389. The van der Waals surface area contributed by atoms with Crippen LogP contribution in [0, 0.1) is 5.82 Å². The lowest BCUT2D eigenvalue weighted by Crippen LogP contribution is -2.41. The first kappa shape index (κ1) is 24.1. The molecule has 1 amide bonds. The van der Waals surface area contributed by atoms with E-state index in [1.807, 2.05) is 0 Å². The minimum Gasteiger partial charge on any atom is -0.379 e. The summed E-state index contributed by atoms with van der Waals surface area (Å²) in [6.07, 6.45) is 4.22. The first-order valence-corrected chi connectivity index (χ1v) is 12.4. The molecule has 186 valence electrons. The average Bonchev–Trinajstić information content (AvgIpc) is 3.14. The van der Waals surface area contributed by atoms with Gasteiger partial charge in [0.2, 0.25) is 0 Å². The third kappa shape index (κ3) is 4.19. The van der Waals surface area contributed by atoms with Gasteiger partial charge in [0.15, 0.2) is 11.5 Å². The number of hydrogen-bond acceptors (Lipinski definition) is 8. The molecule has 0 saturated heterocycles. The molecule has 0 bridgehead atoms. The Bertz CT molecular complexity index is 1630. The molecule has 0 saturated carbocycles. The second-order valence-corrected chi connectivity index (χ2v) is 9.79. The van der Waals surface area contributed by atoms with Crippen LogP contribution in [0.25, 0.3) is 11.1 Å². The first-order chi connectivity index (χ1) is 17.7. The van der Waals surface area contributed by atoms with Crippen molar-refractivity contribution in [2.75, 3.05) is 7.05 Å². The van der Waals surface area contributed by atoms with E-state index in [0.717, 1.165) is 0 Å². The highest BCUT2D eigenvalue weighted by atomic mass is 32.2. The van der Waals surface area contributed by atoms with Gasteiger partial charge in [0, 0.05) is 30.6 Å². The van der Waals surface area contributed by atoms with E-state index in [1.165, 1.54) is 73.1 Å². The van der Waals surface area contributed by atoms with Gasteiger partial charge in [0.05, 0.1) is 0 Å². The van der Waals surface area contributed by atoms with Crippen LogP contribution >= 0.6 is 0 Å². The summed E-state index contributed by atoms with van der Waals surface area (Å²) in [5.41, 5.74) is 5.49. The van der Waals surface area contributed by atoms with Gasteiger partial charge in [-0.05, 0) is 47.5 Å². The summed E-state index contributed by atoms with van der Waals surface area (Å²) in [4.78, 5) is 27.2. The number of likely N-dealkylation sites (N-methyl/N-ethyl adjacent to an activating group) is 1. The highest BCUT2D eigenvalue weighted by Crippen LogP contribution is 2.42. The monoisotopic (exact) mass is 517 g/mol. The molecule has 9 nitrogen and oxygen atoms in total. The zero-order valence-electron chi connectivity index (χ0n) is 19.4. The minimum atomic E-state index is -4.14. The molecule has 5 rings (SSSR count). The summed E-state index contributed by atoms with van der Waals surface area (Å²) in [6, 6.07) is 17.8. The number of carbonyl (C=O) groups excluding carboxylic acids is 1. The number of carbonyl (C=O) groups is 1. The molecule has 0 fully saturated rings. The summed E-state index contributed by atoms with van der Waals surface area (Å²) < 4.78 is 45.8. The Labute approximate surface area is 212 Å². The highest BCUT2D eigenvalue weighted by Gasteiger charge is 2.50. The maximum Gasteiger partial charge on any atom is 0.339 e. The second-order valence-electron chi connectivity index (χ2n) is 8.24. The number of halogens is 1.